The highest BCUT2D eigenvalue weighted by molar-refractivity contribution is 5.42. The van der Waals surface area contributed by atoms with Gasteiger partial charge in [-0.3, -0.25) is 0 Å². The molecule has 0 bridgehead atoms. The Balaban J connectivity index is 1.79. The molecule has 20 heavy (non-hydrogen) atoms. The van der Waals surface area contributed by atoms with Crippen LogP contribution in [-0.4, -0.2) is 34.0 Å². The molecule has 1 unspecified atom stereocenters. The summed E-state index contributed by atoms with van der Waals surface area (Å²) in [7, 11) is 3.34. The van der Waals surface area contributed by atoms with Crippen LogP contribution in [0.4, 0.5) is 0 Å². The van der Waals surface area contributed by atoms with Gasteiger partial charge < -0.3 is 19.5 Å². The van der Waals surface area contributed by atoms with Gasteiger partial charge >= 0.3 is 0 Å². The van der Waals surface area contributed by atoms with Gasteiger partial charge in [0, 0.05) is 30.8 Å². The molecule has 1 N–H and O–H groups in total. The molecule has 2 rings (SSSR count). The number of rotatable bonds is 9. The molecule has 4 nitrogen and oxygen atoms in total. The Bertz CT molecular complexity index is 418. The highest BCUT2D eigenvalue weighted by atomic mass is 16.5. The molecule has 4 heteroatoms. The molecule has 1 atom stereocenters. The standard InChI is InChI=1S/C16H25NO3/c1-12(17-8-9-20-11-13-4-5-13)15-7-6-14(18-2)10-16(15)19-3/h6-7,10,12-13,17H,4-5,8-9,11H2,1-3H3. The van der Waals surface area contributed by atoms with Gasteiger partial charge in [0.15, 0.2) is 0 Å². The van der Waals surface area contributed by atoms with Gasteiger partial charge in [-0.1, -0.05) is 6.07 Å². The van der Waals surface area contributed by atoms with Gasteiger partial charge in [-0.2, -0.15) is 0 Å². The number of hydrogen-bond acceptors (Lipinski definition) is 4. The summed E-state index contributed by atoms with van der Waals surface area (Å²) < 4.78 is 16.3. The van der Waals surface area contributed by atoms with Gasteiger partial charge in [0.1, 0.15) is 11.5 Å². The molecule has 0 aliphatic heterocycles. The average Bonchev–Trinajstić information content (AvgIpc) is 3.30. The predicted molar refractivity (Wildman–Crippen MR) is 79.5 cm³/mol. The van der Waals surface area contributed by atoms with Crippen LogP contribution in [0, 0.1) is 5.92 Å². The Morgan fingerprint density at radius 3 is 2.70 bits per heavy atom. The second-order valence-electron chi connectivity index (χ2n) is 5.30. The van der Waals surface area contributed by atoms with E-state index in [1.807, 2.05) is 18.2 Å². The van der Waals surface area contributed by atoms with Crippen LogP contribution in [0.5, 0.6) is 11.5 Å². The summed E-state index contributed by atoms with van der Waals surface area (Å²) in [6.45, 7) is 4.66. The lowest BCUT2D eigenvalue weighted by Gasteiger charge is -2.18. The van der Waals surface area contributed by atoms with Gasteiger partial charge in [0.2, 0.25) is 0 Å². The van der Waals surface area contributed by atoms with Crippen molar-refractivity contribution < 1.29 is 14.2 Å². The first kappa shape index (κ1) is 15.1. The molecule has 112 valence electrons. The third-order valence-electron chi connectivity index (χ3n) is 3.65. The lowest BCUT2D eigenvalue weighted by Crippen LogP contribution is -2.24. The molecule has 1 aromatic carbocycles. The summed E-state index contributed by atoms with van der Waals surface area (Å²) in [6.07, 6.45) is 2.68. The van der Waals surface area contributed by atoms with Gasteiger partial charge in [0.05, 0.1) is 20.8 Å². The lowest BCUT2D eigenvalue weighted by molar-refractivity contribution is 0.124. The number of nitrogens with one attached hydrogen (secondary N) is 1. The molecular formula is C16H25NO3. The van der Waals surface area contributed by atoms with Crippen LogP contribution < -0.4 is 14.8 Å². The molecule has 0 spiro atoms. The van der Waals surface area contributed by atoms with Crippen LogP contribution in [0.25, 0.3) is 0 Å². The first-order chi connectivity index (χ1) is 9.74. The number of methoxy groups -OCH3 is 2. The Kier molecular flexibility index (Phi) is 5.68. The third kappa shape index (κ3) is 4.39. The molecule has 0 radical (unpaired) electrons. The molecule has 0 aromatic heterocycles. The molecule has 1 saturated carbocycles. The van der Waals surface area contributed by atoms with Crippen molar-refractivity contribution in [2.75, 3.05) is 34.0 Å². The minimum absolute atomic E-state index is 0.223. The summed E-state index contributed by atoms with van der Waals surface area (Å²) in [5.41, 5.74) is 1.13. The van der Waals surface area contributed by atoms with Crippen molar-refractivity contribution in [2.24, 2.45) is 5.92 Å². The van der Waals surface area contributed by atoms with E-state index in [4.69, 9.17) is 14.2 Å². The van der Waals surface area contributed by atoms with E-state index >= 15 is 0 Å². The Labute approximate surface area is 121 Å². The first-order valence-electron chi connectivity index (χ1n) is 7.27. The Morgan fingerprint density at radius 2 is 2.05 bits per heavy atom. The lowest BCUT2D eigenvalue weighted by atomic mass is 10.1. The third-order valence-corrected chi connectivity index (χ3v) is 3.65. The second kappa shape index (κ2) is 7.50. The normalized spacial score (nSPS) is 15.9. The molecule has 1 fully saturated rings. The van der Waals surface area contributed by atoms with E-state index in [0.717, 1.165) is 42.7 Å². The van der Waals surface area contributed by atoms with Crippen molar-refractivity contribution in [1.29, 1.82) is 0 Å². The highest BCUT2D eigenvalue weighted by Crippen LogP contribution is 2.29. The maximum atomic E-state index is 5.62. The summed E-state index contributed by atoms with van der Waals surface area (Å²) in [5, 5.41) is 3.46. The van der Waals surface area contributed by atoms with Crippen LogP contribution in [0.15, 0.2) is 18.2 Å². The number of hydrogen-bond donors (Lipinski definition) is 1. The van der Waals surface area contributed by atoms with Crippen molar-refractivity contribution in [1.82, 2.24) is 5.32 Å². The summed E-state index contributed by atoms with van der Waals surface area (Å²) >= 11 is 0. The quantitative estimate of drug-likeness (QED) is 0.706. The fourth-order valence-electron chi connectivity index (χ4n) is 2.17. The van der Waals surface area contributed by atoms with Gasteiger partial charge in [0.25, 0.3) is 0 Å². The van der Waals surface area contributed by atoms with Gasteiger partial charge in [-0.15, -0.1) is 0 Å². The number of benzene rings is 1. The van der Waals surface area contributed by atoms with Gasteiger partial charge in [-0.05, 0) is 31.7 Å². The smallest absolute Gasteiger partial charge is 0.127 e. The molecule has 1 aromatic rings. The van der Waals surface area contributed by atoms with Crippen molar-refractivity contribution in [3.63, 3.8) is 0 Å². The number of ether oxygens (including phenoxy) is 3. The minimum Gasteiger partial charge on any atom is -0.497 e. The van der Waals surface area contributed by atoms with Crippen molar-refractivity contribution >= 4 is 0 Å². The van der Waals surface area contributed by atoms with Crippen LogP contribution in [0.3, 0.4) is 0 Å². The fraction of sp³-hybridized carbons (Fsp3) is 0.625. The topological polar surface area (TPSA) is 39.7 Å². The Hall–Kier alpha value is -1.26. The zero-order valence-electron chi connectivity index (χ0n) is 12.6. The van der Waals surface area contributed by atoms with Gasteiger partial charge in [-0.25, -0.2) is 0 Å². The first-order valence-corrected chi connectivity index (χ1v) is 7.27. The molecule has 1 aliphatic carbocycles. The van der Waals surface area contributed by atoms with Crippen molar-refractivity contribution in [3.05, 3.63) is 23.8 Å². The zero-order chi connectivity index (χ0) is 14.4. The maximum absolute atomic E-state index is 5.62. The van der Waals surface area contributed by atoms with Crippen LogP contribution >= 0.6 is 0 Å². The molecule has 0 saturated heterocycles. The zero-order valence-corrected chi connectivity index (χ0v) is 12.6. The summed E-state index contributed by atoms with van der Waals surface area (Å²) in [6, 6.07) is 6.14. The summed E-state index contributed by atoms with van der Waals surface area (Å²) in [4.78, 5) is 0. The van der Waals surface area contributed by atoms with E-state index in [-0.39, 0.29) is 6.04 Å². The molecule has 1 aliphatic rings. The summed E-state index contributed by atoms with van der Waals surface area (Å²) in [5.74, 6) is 2.49. The van der Waals surface area contributed by atoms with Crippen LogP contribution in [0.1, 0.15) is 31.4 Å². The average molecular weight is 279 g/mol. The second-order valence-corrected chi connectivity index (χ2v) is 5.30. The van der Waals surface area contributed by atoms with E-state index in [0.29, 0.717) is 0 Å². The fourth-order valence-corrected chi connectivity index (χ4v) is 2.17. The molecular weight excluding hydrogens is 254 g/mol. The van der Waals surface area contributed by atoms with Crippen LogP contribution in [-0.2, 0) is 4.74 Å². The van der Waals surface area contributed by atoms with E-state index in [1.165, 1.54) is 12.8 Å². The van der Waals surface area contributed by atoms with Crippen molar-refractivity contribution in [3.8, 4) is 11.5 Å². The maximum Gasteiger partial charge on any atom is 0.127 e. The molecule has 0 amide bonds. The minimum atomic E-state index is 0.223. The van der Waals surface area contributed by atoms with E-state index in [9.17, 15) is 0 Å². The van der Waals surface area contributed by atoms with E-state index in [2.05, 4.69) is 12.2 Å². The monoisotopic (exact) mass is 279 g/mol. The largest absolute Gasteiger partial charge is 0.497 e. The van der Waals surface area contributed by atoms with E-state index in [1.54, 1.807) is 14.2 Å². The Morgan fingerprint density at radius 1 is 1.25 bits per heavy atom. The van der Waals surface area contributed by atoms with E-state index < -0.39 is 0 Å². The molecule has 0 heterocycles. The predicted octanol–water partition coefficient (Wildman–Crippen LogP) is 2.78. The van der Waals surface area contributed by atoms with Crippen LogP contribution in [0.2, 0.25) is 0 Å². The van der Waals surface area contributed by atoms with Crippen molar-refractivity contribution in [2.45, 2.75) is 25.8 Å². The highest BCUT2D eigenvalue weighted by Gasteiger charge is 2.21. The SMILES string of the molecule is COc1ccc(C(C)NCCOCC2CC2)c(OC)c1.